The van der Waals surface area contributed by atoms with Crippen LogP contribution in [0, 0.1) is 0 Å². The van der Waals surface area contributed by atoms with E-state index in [2.05, 4.69) is 10.3 Å². The Morgan fingerprint density at radius 2 is 2.14 bits per heavy atom. The molecule has 21 heavy (non-hydrogen) atoms. The van der Waals surface area contributed by atoms with Gasteiger partial charge in [-0.1, -0.05) is 18.5 Å². The first-order valence-corrected chi connectivity index (χ1v) is 7.08. The van der Waals surface area contributed by atoms with E-state index in [0.717, 1.165) is 0 Å². The molecule has 118 valence electrons. The number of hydrogen-bond acceptors (Lipinski definition) is 3. The van der Waals surface area contributed by atoms with Gasteiger partial charge in [-0.2, -0.15) is 0 Å². The molecule has 1 aromatic rings. The van der Waals surface area contributed by atoms with Crippen LogP contribution in [0.2, 0.25) is 5.15 Å². The van der Waals surface area contributed by atoms with E-state index in [-0.39, 0.29) is 12.1 Å². The monoisotopic (exact) mass is 316 g/mol. The van der Waals surface area contributed by atoms with E-state index < -0.39 is 11.6 Å². The summed E-state index contributed by atoms with van der Waals surface area (Å²) in [5.74, 6) is -0.498. The second-order valence-corrected chi connectivity index (χ2v) is 5.14. The molecule has 2 atom stereocenters. The summed E-state index contributed by atoms with van der Waals surface area (Å²) >= 11 is 5.44. The zero-order valence-electron chi connectivity index (χ0n) is 12.3. The smallest absolute Gasteiger partial charge is 0.320 e. The molecule has 0 spiro atoms. The second kappa shape index (κ2) is 6.82. The standard InChI is InChI=1S/C8H16N2O2.C5H5ClN2O/c1-4-8(12)6(3)9-7(11)10(8)5-2;6-4-2-1-3(8-4)5(7)9/h6,12H,4-5H2,1-3H3,(H,9,11);1-2,8H,(H2,7,9)/t6-,8-;/m0./s1. The average molecular weight is 317 g/mol. The Balaban J connectivity index is 0.000000219. The molecule has 0 aliphatic carbocycles. The quantitative estimate of drug-likeness (QED) is 0.674. The summed E-state index contributed by atoms with van der Waals surface area (Å²) in [7, 11) is 0. The van der Waals surface area contributed by atoms with Crippen molar-refractivity contribution in [2.45, 2.75) is 39.0 Å². The number of hydrogen-bond donors (Lipinski definition) is 4. The van der Waals surface area contributed by atoms with Gasteiger partial charge in [0, 0.05) is 6.54 Å². The minimum atomic E-state index is -0.994. The average Bonchev–Trinajstić information content (AvgIpc) is 2.94. The Labute approximate surface area is 128 Å². The molecule has 0 bridgehead atoms. The maximum absolute atomic E-state index is 11.2. The fraction of sp³-hybridized carbons (Fsp3) is 0.538. The number of aliphatic hydroxyl groups is 1. The van der Waals surface area contributed by atoms with E-state index in [1.165, 1.54) is 11.0 Å². The van der Waals surface area contributed by atoms with Gasteiger partial charge in [-0.3, -0.25) is 9.69 Å². The van der Waals surface area contributed by atoms with E-state index >= 15 is 0 Å². The zero-order valence-corrected chi connectivity index (χ0v) is 13.1. The number of aromatic nitrogens is 1. The van der Waals surface area contributed by atoms with Crippen LogP contribution in [-0.2, 0) is 0 Å². The van der Waals surface area contributed by atoms with Crippen LogP contribution in [0.1, 0.15) is 37.7 Å². The third kappa shape index (κ3) is 3.68. The van der Waals surface area contributed by atoms with Gasteiger partial charge in [-0.05, 0) is 32.4 Å². The first kappa shape index (κ1) is 17.3. The number of primary amides is 1. The molecule has 1 saturated heterocycles. The Morgan fingerprint density at radius 3 is 2.43 bits per heavy atom. The zero-order chi connectivity index (χ0) is 16.2. The van der Waals surface area contributed by atoms with Crippen LogP contribution in [-0.4, -0.2) is 45.2 Å². The van der Waals surface area contributed by atoms with Crippen molar-refractivity contribution in [1.82, 2.24) is 15.2 Å². The molecule has 1 aliphatic heterocycles. The number of amides is 3. The Kier molecular flexibility index (Phi) is 5.62. The van der Waals surface area contributed by atoms with Crippen LogP contribution in [0.4, 0.5) is 4.79 Å². The third-order valence-corrected chi connectivity index (χ3v) is 3.72. The van der Waals surface area contributed by atoms with Crippen LogP contribution < -0.4 is 11.1 Å². The van der Waals surface area contributed by atoms with E-state index in [0.29, 0.717) is 23.8 Å². The fourth-order valence-electron chi connectivity index (χ4n) is 2.21. The number of carbonyl (C=O) groups is 2. The van der Waals surface area contributed by atoms with Gasteiger partial charge in [-0.15, -0.1) is 0 Å². The molecule has 1 aromatic heterocycles. The Hall–Kier alpha value is -1.73. The molecule has 5 N–H and O–H groups in total. The van der Waals surface area contributed by atoms with Gasteiger partial charge >= 0.3 is 6.03 Å². The van der Waals surface area contributed by atoms with E-state index in [4.69, 9.17) is 17.3 Å². The van der Waals surface area contributed by atoms with E-state index in [1.54, 1.807) is 6.07 Å². The van der Waals surface area contributed by atoms with Gasteiger partial charge in [0.2, 0.25) is 0 Å². The molecule has 0 aromatic carbocycles. The first-order chi connectivity index (χ1) is 9.76. The molecule has 1 fully saturated rings. The molecular formula is C13H21ClN4O3. The van der Waals surface area contributed by atoms with Crippen molar-refractivity contribution in [2.75, 3.05) is 6.54 Å². The lowest BCUT2D eigenvalue weighted by Crippen LogP contribution is -2.50. The topological polar surface area (TPSA) is 111 Å². The Bertz CT molecular complexity index is 519. The molecule has 0 unspecified atom stereocenters. The number of aromatic amines is 1. The predicted octanol–water partition coefficient (Wildman–Crippen LogP) is 1.29. The summed E-state index contributed by atoms with van der Waals surface area (Å²) in [6.07, 6.45) is 0.556. The van der Waals surface area contributed by atoms with Crippen molar-refractivity contribution in [1.29, 1.82) is 0 Å². The van der Waals surface area contributed by atoms with Gasteiger partial charge in [0.05, 0.1) is 6.04 Å². The van der Waals surface area contributed by atoms with Crippen LogP contribution >= 0.6 is 11.6 Å². The fourth-order valence-corrected chi connectivity index (χ4v) is 2.38. The number of urea groups is 1. The molecule has 7 nitrogen and oxygen atoms in total. The molecular weight excluding hydrogens is 296 g/mol. The number of likely N-dealkylation sites (N-methyl/N-ethyl adjacent to an activating group) is 1. The van der Waals surface area contributed by atoms with Crippen molar-refractivity contribution in [2.24, 2.45) is 5.73 Å². The maximum Gasteiger partial charge on any atom is 0.320 e. The van der Waals surface area contributed by atoms with Gasteiger partial charge in [0.1, 0.15) is 10.8 Å². The summed E-state index contributed by atoms with van der Waals surface area (Å²) in [4.78, 5) is 25.6. The largest absolute Gasteiger partial charge is 0.369 e. The molecule has 0 saturated carbocycles. The highest BCUT2D eigenvalue weighted by atomic mass is 35.5. The van der Waals surface area contributed by atoms with Crippen molar-refractivity contribution >= 4 is 23.5 Å². The highest BCUT2D eigenvalue weighted by Gasteiger charge is 2.47. The number of halogens is 1. The van der Waals surface area contributed by atoms with Gasteiger partial charge < -0.3 is 21.1 Å². The molecule has 1 aliphatic rings. The second-order valence-electron chi connectivity index (χ2n) is 4.73. The normalized spacial score (nSPS) is 24.3. The SMILES string of the molecule is CCN1C(=O)N[C@@H](C)[C@@]1(O)CC.NC(=O)c1ccc(Cl)[nH]1. The third-order valence-electron chi connectivity index (χ3n) is 3.50. The maximum atomic E-state index is 11.2. The number of H-pyrrole nitrogens is 1. The number of rotatable bonds is 3. The van der Waals surface area contributed by atoms with Crippen LogP contribution in [0.5, 0.6) is 0 Å². The summed E-state index contributed by atoms with van der Waals surface area (Å²) in [5, 5.41) is 13.2. The molecule has 2 heterocycles. The Morgan fingerprint density at radius 1 is 1.52 bits per heavy atom. The van der Waals surface area contributed by atoms with Crippen molar-refractivity contribution in [3.8, 4) is 0 Å². The van der Waals surface area contributed by atoms with Crippen LogP contribution in [0.25, 0.3) is 0 Å². The van der Waals surface area contributed by atoms with E-state index in [9.17, 15) is 14.7 Å². The lowest BCUT2D eigenvalue weighted by Gasteiger charge is -2.32. The van der Waals surface area contributed by atoms with Crippen molar-refractivity contribution in [3.05, 3.63) is 23.0 Å². The predicted molar refractivity (Wildman–Crippen MR) is 79.9 cm³/mol. The van der Waals surface area contributed by atoms with Crippen molar-refractivity contribution < 1.29 is 14.7 Å². The van der Waals surface area contributed by atoms with Gasteiger partial charge in [0.15, 0.2) is 5.72 Å². The summed E-state index contributed by atoms with van der Waals surface area (Å²) < 4.78 is 0. The lowest BCUT2D eigenvalue weighted by molar-refractivity contribution is -0.0747. The van der Waals surface area contributed by atoms with Crippen LogP contribution in [0.15, 0.2) is 12.1 Å². The van der Waals surface area contributed by atoms with Crippen molar-refractivity contribution in [3.63, 3.8) is 0 Å². The summed E-state index contributed by atoms with van der Waals surface area (Å²) in [6, 6.07) is 2.75. The lowest BCUT2D eigenvalue weighted by atomic mass is 10.0. The highest BCUT2D eigenvalue weighted by Crippen LogP contribution is 2.26. The molecule has 8 heteroatoms. The molecule has 3 amide bonds. The number of nitrogens with one attached hydrogen (secondary N) is 2. The van der Waals surface area contributed by atoms with Gasteiger partial charge in [0.25, 0.3) is 5.91 Å². The minimum Gasteiger partial charge on any atom is -0.369 e. The van der Waals surface area contributed by atoms with Gasteiger partial charge in [-0.25, -0.2) is 4.79 Å². The minimum absolute atomic E-state index is 0.172. The number of nitrogens with zero attached hydrogens (tertiary/aromatic N) is 1. The highest BCUT2D eigenvalue weighted by molar-refractivity contribution is 6.29. The van der Waals surface area contributed by atoms with E-state index in [1.807, 2.05) is 20.8 Å². The summed E-state index contributed by atoms with van der Waals surface area (Å²) in [5.41, 5.74) is 4.24. The summed E-state index contributed by atoms with van der Waals surface area (Å²) in [6.45, 7) is 6.09. The molecule has 0 radical (unpaired) electrons. The molecule has 2 rings (SSSR count). The number of carbonyl (C=O) groups excluding carboxylic acids is 2. The van der Waals surface area contributed by atoms with Crippen LogP contribution in [0.3, 0.4) is 0 Å². The number of nitrogens with two attached hydrogens (primary N) is 1. The first-order valence-electron chi connectivity index (χ1n) is 6.71.